The number of anilines is 1. The summed E-state index contributed by atoms with van der Waals surface area (Å²) in [6, 6.07) is 3.95. The molecule has 0 bridgehead atoms. The van der Waals surface area contributed by atoms with Crippen molar-refractivity contribution in [2.24, 2.45) is 0 Å². The molecule has 0 fully saturated rings. The summed E-state index contributed by atoms with van der Waals surface area (Å²) in [5.41, 5.74) is 3.24. The van der Waals surface area contributed by atoms with Crippen LogP contribution in [0.2, 0.25) is 0 Å². The lowest BCUT2D eigenvalue weighted by atomic mass is 10.1. The third-order valence-corrected chi connectivity index (χ3v) is 2.80. The molecule has 2 rings (SSSR count). The van der Waals surface area contributed by atoms with Gasteiger partial charge in [0.15, 0.2) is 0 Å². The molecule has 1 N–H and O–H groups in total. The molecular weight excluding hydrogens is 224 g/mol. The van der Waals surface area contributed by atoms with Gasteiger partial charge in [-0.1, -0.05) is 13.8 Å². The van der Waals surface area contributed by atoms with E-state index >= 15 is 0 Å². The summed E-state index contributed by atoms with van der Waals surface area (Å²) < 4.78 is 0. The van der Waals surface area contributed by atoms with E-state index in [4.69, 9.17) is 0 Å². The third kappa shape index (κ3) is 2.64. The van der Waals surface area contributed by atoms with Gasteiger partial charge in [-0.3, -0.25) is 4.98 Å². The van der Waals surface area contributed by atoms with Crippen molar-refractivity contribution in [1.82, 2.24) is 15.0 Å². The van der Waals surface area contributed by atoms with Crippen molar-refractivity contribution in [3.63, 3.8) is 0 Å². The normalized spacial score (nSPS) is 10.3. The monoisotopic (exact) mass is 242 g/mol. The van der Waals surface area contributed by atoms with E-state index in [9.17, 15) is 0 Å². The topological polar surface area (TPSA) is 50.7 Å². The average molecular weight is 242 g/mol. The molecule has 0 aromatic carbocycles. The highest BCUT2D eigenvalue weighted by Gasteiger charge is 2.10. The van der Waals surface area contributed by atoms with Crippen LogP contribution < -0.4 is 5.32 Å². The minimum absolute atomic E-state index is 0.907. The van der Waals surface area contributed by atoms with Crippen molar-refractivity contribution in [2.75, 3.05) is 11.9 Å². The van der Waals surface area contributed by atoms with Crippen molar-refractivity contribution >= 4 is 5.82 Å². The van der Waals surface area contributed by atoms with Crippen molar-refractivity contribution < 1.29 is 0 Å². The van der Waals surface area contributed by atoms with Crippen LogP contribution in [0.15, 0.2) is 30.9 Å². The number of nitrogens with one attached hydrogen (secondary N) is 1. The quantitative estimate of drug-likeness (QED) is 0.875. The van der Waals surface area contributed by atoms with Crippen LogP contribution in [0.1, 0.15) is 25.8 Å². The van der Waals surface area contributed by atoms with E-state index in [0.29, 0.717) is 0 Å². The first-order valence-electron chi connectivity index (χ1n) is 6.35. The fourth-order valence-electron chi connectivity index (χ4n) is 1.90. The molecule has 0 spiro atoms. The van der Waals surface area contributed by atoms with Crippen LogP contribution in [0.25, 0.3) is 11.3 Å². The second-order valence-corrected chi connectivity index (χ2v) is 4.07. The number of aromatic nitrogens is 3. The van der Waals surface area contributed by atoms with Crippen LogP contribution in [0, 0.1) is 0 Å². The highest BCUT2D eigenvalue weighted by Crippen LogP contribution is 2.25. The van der Waals surface area contributed by atoms with Gasteiger partial charge >= 0.3 is 0 Å². The first-order valence-corrected chi connectivity index (χ1v) is 6.35. The van der Waals surface area contributed by atoms with Crippen molar-refractivity contribution in [3.8, 4) is 11.3 Å². The Kier molecular flexibility index (Phi) is 4.23. The smallest absolute Gasteiger partial charge is 0.133 e. The van der Waals surface area contributed by atoms with Crippen molar-refractivity contribution in [2.45, 2.75) is 26.7 Å². The molecule has 4 heteroatoms. The number of hydrogen-bond donors (Lipinski definition) is 1. The summed E-state index contributed by atoms with van der Waals surface area (Å²) in [6.07, 6.45) is 7.18. The molecule has 0 radical (unpaired) electrons. The zero-order valence-corrected chi connectivity index (χ0v) is 10.8. The molecule has 0 aliphatic rings. The minimum Gasteiger partial charge on any atom is -0.370 e. The van der Waals surface area contributed by atoms with Crippen LogP contribution in [0.4, 0.5) is 5.82 Å². The van der Waals surface area contributed by atoms with Crippen molar-refractivity contribution in [1.29, 1.82) is 0 Å². The van der Waals surface area contributed by atoms with Crippen LogP contribution in [0.3, 0.4) is 0 Å². The molecule has 94 valence electrons. The van der Waals surface area contributed by atoms with Crippen LogP contribution >= 0.6 is 0 Å². The van der Waals surface area contributed by atoms with Crippen LogP contribution in [-0.2, 0) is 6.42 Å². The molecule has 0 atom stereocenters. The molecule has 0 saturated heterocycles. The molecule has 0 aliphatic carbocycles. The highest BCUT2D eigenvalue weighted by atomic mass is 15.0. The molecule has 0 unspecified atom stereocenters. The summed E-state index contributed by atoms with van der Waals surface area (Å²) in [5.74, 6) is 0.946. The predicted octanol–water partition coefficient (Wildman–Crippen LogP) is 2.92. The van der Waals surface area contributed by atoms with E-state index in [1.165, 1.54) is 0 Å². The summed E-state index contributed by atoms with van der Waals surface area (Å²) in [5, 5.41) is 3.36. The molecule has 4 nitrogen and oxygen atoms in total. The molecule has 18 heavy (non-hydrogen) atoms. The van der Waals surface area contributed by atoms with Gasteiger partial charge in [0.2, 0.25) is 0 Å². The summed E-state index contributed by atoms with van der Waals surface area (Å²) in [4.78, 5) is 12.8. The number of hydrogen-bond acceptors (Lipinski definition) is 4. The SMILES string of the molecule is CCCNc1ncnc(-c2ccncc2)c1CC. The zero-order chi connectivity index (χ0) is 12.8. The maximum absolute atomic E-state index is 4.41. The lowest BCUT2D eigenvalue weighted by Gasteiger charge is -2.12. The minimum atomic E-state index is 0.907. The maximum Gasteiger partial charge on any atom is 0.133 e. The fourth-order valence-corrected chi connectivity index (χ4v) is 1.90. The molecule has 2 aromatic heterocycles. The largest absolute Gasteiger partial charge is 0.370 e. The Hall–Kier alpha value is -1.97. The Labute approximate surface area is 108 Å². The van der Waals surface area contributed by atoms with Gasteiger partial charge in [0.25, 0.3) is 0 Å². The van der Waals surface area contributed by atoms with Gasteiger partial charge in [-0.25, -0.2) is 9.97 Å². The summed E-state index contributed by atoms with van der Waals surface area (Å²) >= 11 is 0. The van der Waals surface area contributed by atoms with E-state index in [-0.39, 0.29) is 0 Å². The van der Waals surface area contributed by atoms with E-state index in [1.807, 2.05) is 12.1 Å². The molecule has 0 amide bonds. The van der Waals surface area contributed by atoms with E-state index in [1.54, 1.807) is 18.7 Å². The van der Waals surface area contributed by atoms with Crippen molar-refractivity contribution in [3.05, 3.63) is 36.4 Å². The lowest BCUT2D eigenvalue weighted by molar-refractivity contribution is 0.949. The summed E-state index contributed by atoms with van der Waals surface area (Å²) in [6.45, 7) is 5.20. The molecule has 2 heterocycles. The Morgan fingerprint density at radius 3 is 2.56 bits per heavy atom. The Bertz CT molecular complexity index is 496. The number of nitrogens with zero attached hydrogens (tertiary/aromatic N) is 3. The Morgan fingerprint density at radius 2 is 1.89 bits per heavy atom. The van der Waals surface area contributed by atoms with E-state index in [2.05, 4.69) is 34.1 Å². The molecule has 0 aliphatic heterocycles. The van der Waals surface area contributed by atoms with Gasteiger partial charge in [-0.15, -0.1) is 0 Å². The first-order chi connectivity index (χ1) is 8.86. The second kappa shape index (κ2) is 6.10. The first kappa shape index (κ1) is 12.5. The van der Waals surface area contributed by atoms with Gasteiger partial charge < -0.3 is 5.32 Å². The highest BCUT2D eigenvalue weighted by molar-refractivity contribution is 5.67. The maximum atomic E-state index is 4.41. The lowest BCUT2D eigenvalue weighted by Crippen LogP contribution is -2.07. The Balaban J connectivity index is 2.41. The molecule has 0 saturated carbocycles. The average Bonchev–Trinajstić information content (AvgIpc) is 2.45. The van der Waals surface area contributed by atoms with Crippen LogP contribution in [0.5, 0.6) is 0 Å². The van der Waals surface area contributed by atoms with E-state index in [0.717, 1.165) is 42.0 Å². The Morgan fingerprint density at radius 1 is 1.11 bits per heavy atom. The second-order valence-electron chi connectivity index (χ2n) is 4.07. The van der Waals surface area contributed by atoms with Crippen LogP contribution in [-0.4, -0.2) is 21.5 Å². The van der Waals surface area contributed by atoms with Gasteiger partial charge in [-0.2, -0.15) is 0 Å². The van der Waals surface area contributed by atoms with Gasteiger partial charge in [0, 0.05) is 30.1 Å². The molecular formula is C14H18N4. The van der Waals surface area contributed by atoms with Gasteiger partial charge in [0.05, 0.1) is 5.69 Å². The standard InChI is InChI=1S/C14H18N4/c1-3-7-16-14-12(4-2)13(17-10-18-14)11-5-8-15-9-6-11/h5-6,8-10H,3-4,7H2,1-2H3,(H,16,17,18). The number of rotatable bonds is 5. The van der Waals surface area contributed by atoms with Gasteiger partial charge in [0.1, 0.15) is 12.1 Å². The third-order valence-electron chi connectivity index (χ3n) is 2.80. The predicted molar refractivity (Wildman–Crippen MR) is 73.4 cm³/mol. The molecule has 2 aromatic rings. The van der Waals surface area contributed by atoms with Gasteiger partial charge in [-0.05, 0) is 25.0 Å². The fraction of sp³-hybridized carbons (Fsp3) is 0.357. The zero-order valence-electron chi connectivity index (χ0n) is 10.8. The van der Waals surface area contributed by atoms with E-state index < -0.39 is 0 Å². The number of pyridine rings is 1. The summed E-state index contributed by atoms with van der Waals surface area (Å²) in [7, 11) is 0.